The molecule has 3 rings (SSSR count). The van der Waals surface area contributed by atoms with Crippen LogP contribution in [0.5, 0.6) is 0 Å². The Morgan fingerprint density at radius 1 is 1.04 bits per heavy atom. The van der Waals surface area contributed by atoms with Crippen LogP contribution in [0.2, 0.25) is 0 Å². The lowest BCUT2D eigenvalue weighted by Gasteiger charge is -2.21. The zero-order valence-electron chi connectivity index (χ0n) is 12.9. The van der Waals surface area contributed by atoms with Crippen molar-refractivity contribution in [3.05, 3.63) is 48.3 Å². The van der Waals surface area contributed by atoms with E-state index in [1.165, 1.54) is 19.3 Å². The Morgan fingerprint density at radius 3 is 2.39 bits per heavy atom. The molecule has 2 aromatic rings. The number of hydrogen-bond acceptors (Lipinski definition) is 3. The summed E-state index contributed by atoms with van der Waals surface area (Å²) in [7, 11) is -0.933. The zero-order chi connectivity index (χ0) is 16.2. The van der Waals surface area contributed by atoms with E-state index in [0.29, 0.717) is 0 Å². The molecule has 1 unspecified atom stereocenters. The van der Waals surface area contributed by atoms with Gasteiger partial charge < -0.3 is 5.73 Å². The molecule has 1 saturated carbocycles. The summed E-state index contributed by atoms with van der Waals surface area (Å²) in [6, 6.07) is 11.2. The molecule has 1 aromatic carbocycles. The minimum atomic E-state index is -0.933. The predicted molar refractivity (Wildman–Crippen MR) is 91.5 cm³/mol. The molecule has 0 aliphatic heterocycles. The first-order valence-electron chi connectivity index (χ1n) is 7.92. The number of rotatable bonds is 4. The van der Waals surface area contributed by atoms with Gasteiger partial charge in [-0.1, -0.05) is 31.4 Å². The fourth-order valence-corrected chi connectivity index (χ4v) is 4.55. The number of carbonyl (C=O) groups excluding carboxylic acids is 1. The third-order valence-corrected chi connectivity index (χ3v) is 6.10. The number of amides is 1. The molecule has 1 aliphatic rings. The topological polar surface area (TPSA) is 73.1 Å². The Balaban J connectivity index is 1.80. The van der Waals surface area contributed by atoms with Crippen LogP contribution < -0.4 is 5.73 Å². The van der Waals surface area contributed by atoms with Gasteiger partial charge in [0.15, 0.2) is 0 Å². The standard InChI is InChI=1S/C18H20N2O2S/c19-18(21)17-12-14(10-11-20-17)13-6-8-16(9-7-13)23(22)15-4-2-1-3-5-15/h6-12,15H,1-5H2,(H2,19,21). The average Bonchev–Trinajstić information content (AvgIpc) is 2.62. The summed E-state index contributed by atoms with van der Waals surface area (Å²) in [5.41, 5.74) is 7.35. The second-order valence-electron chi connectivity index (χ2n) is 5.88. The molecule has 0 spiro atoms. The normalized spacial score (nSPS) is 16.9. The van der Waals surface area contributed by atoms with Gasteiger partial charge in [-0.3, -0.25) is 14.0 Å². The maximum Gasteiger partial charge on any atom is 0.267 e. The number of hydrogen-bond donors (Lipinski definition) is 1. The largest absolute Gasteiger partial charge is 0.364 e. The van der Waals surface area contributed by atoms with Gasteiger partial charge in [0, 0.05) is 16.3 Å². The van der Waals surface area contributed by atoms with Gasteiger partial charge in [-0.05, 0) is 48.2 Å². The summed E-state index contributed by atoms with van der Waals surface area (Å²) >= 11 is 0. The Hall–Kier alpha value is -2.01. The maximum atomic E-state index is 12.6. The third kappa shape index (κ3) is 3.67. The minimum absolute atomic E-state index is 0.248. The van der Waals surface area contributed by atoms with Crippen molar-refractivity contribution in [1.82, 2.24) is 4.98 Å². The molecule has 0 radical (unpaired) electrons. The summed E-state index contributed by atoms with van der Waals surface area (Å²) < 4.78 is 12.6. The van der Waals surface area contributed by atoms with E-state index in [9.17, 15) is 9.00 Å². The zero-order valence-corrected chi connectivity index (χ0v) is 13.7. The van der Waals surface area contributed by atoms with Gasteiger partial charge in [0.2, 0.25) is 0 Å². The van der Waals surface area contributed by atoms with Crippen LogP contribution in [-0.2, 0) is 10.8 Å². The Labute approximate surface area is 138 Å². The van der Waals surface area contributed by atoms with Crippen LogP contribution in [0.3, 0.4) is 0 Å². The summed E-state index contributed by atoms with van der Waals surface area (Å²) in [5, 5.41) is 0.289. The van der Waals surface area contributed by atoms with E-state index >= 15 is 0 Å². The molecule has 1 atom stereocenters. The van der Waals surface area contributed by atoms with E-state index in [4.69, 9.17) is 5.73 Å². The average molecular weight is 328 g/mol. The van der Waals surface area contributed by atoms with Gasteiger partial charge in [0.05, 0.1) is 10.8 Å². The smallest absolute Gasteiger partial charge is 0.267 e. The van der Waals surface area contributed by atoms with Gasteiger partial charge in [-0.15, -0.1) is 0 Å². The fourth-order valence-electron chi connectivity index (χ4n) is 3.00. The number of nitrogens with zero attached hydrogens (tertiary/aromatic N) is 1. The molecule has 0 saturated heterocycles. The second kappa shape index (κ2) is 7.04. The number of benzene rings is 1. The third-order valence-electron chi connectivity index (χ3n) is 4.29. The van der Waals surface area contributed by atoms with Crippen molar-refractivity contribution in [2.45, 2.75) is 42.2 Å². The molecule has 120 valence electrons. The van der Waals surface area contributed by atoms with Crippen LogP contribution in [0.4, 0.5) is 0 Å². The summed E-state index contributed by atoms with van der Waals surface area (Å²) in [6.07, 6.45) is 7.31. The van der Waals surface area contributed by atoms with Crippen molar-refractivity contribution in [2.75, 3.05) is 0 Å². The van der Waals surface area contributed by atoms with Gasteiger partial charge in [-0.2, -0.15) is 0 Å². The van der Waals surface area contributed by atoms with E-state index in [0.717, 1.165) is 28.9 Å². The van der Waals surface area contributed by atoms with Gasteiger partial charge in [0.25, 0.3) is 5.91 Å². The van der Waals surface area contributed by atoms with Crippen molar-refractivity contribution in [2.24, 2.45) is 5.73 Å². The van der Waals surface area contributed by atoms with Crippen molar-refractivity contribution in [3.8, 4) is 11.1 Å². The molecule has 0 bridgehead atoms. The molecule has 1 fully saturated rings. The van der Waals surface area contributed by atoms with Crippen LogP contribution in [0.15, 0.2) is 47.5 Å². The number of primary amides is 1. The SMILES string of the molecule is NC(=O)c1cc(-c2ccc(S(=O)C3CCCCC3)cc2)ccn1. The Kier molecular flexibility index (Phi) is 4.86. The van der Waals surface area contributed by atoms with Gasteiger partial charge >= 0.3 is 0 Å². The molecule has 2 N–H and O–H groups in total. The van der Waals surface area contributed by atoms with Crippen LogP contribution in [0, 0.1) is 0 Å². The van der Waals surface area contributed by atoms with Crippen molar-refractivity contribution in [3.63, 3.8) is 0 Å². The van der Waals surface area contributed by atoms with E-state index in [-0.39, 0.29) is 10.9 Å². The maximum absolute atomic E-state index is 12.6. The molecule has 1 amide bonds. The lowest BCUT2D eigenvalue weighted by molar-refractivity contribution is 0.0995. The molecule has 5 heteroatoms. The van der Waals surface area contributed by atoms with E-state index in [1.54, 1.807) is 12.3 Å². The highest BCUT2D eigenvalue weighted by molar-refractivity contribution is 7.85. The first-order chi connectivity index (χ1) is 11.1. The monoisotopic (exact) mass is 328 g/mol. The van der Waals surface area contributed by atoms with Gasteiger partial charge in [-0.25, -0.2) is 0 Å². The lowest BCUT2D eigenvalue weighted by atomic mass is 10.0. The van der Waals surface area contributed by atoms with Crippen molar-refractivity contribution < 1.29 is 9.00 Å². The lowest BCUT2D eigenvalue weighted by Crippen LogP contribution is -2.18. The van der Waals surface area contributed by atoms with Crippen LogP contribution in [-0.4, -0.2) is 20.3 Å². The highest BCUT2D eigenvalue weighted by atomic mass is 32.2. The van der Waals surface area contributed by atoms with E-state index in [2.05, 4.69) is 4.98 Å². The molecule has 23 heavy (non-hydrogen) atoms. The quantitative estimate of drug-likeness (QED) is 0.936. The van der Waals surface area contributed by atoms with Crippen LogP contribution in [0.25, 0.3) is 11.1 Å². The van der Waals surface area contributed by atoms with Crippen LogP contribution in [0.1, 0.15) is 42.6 Å². The fraction of sp³-hybridized carbons (Fsp3) is 0.333. The molecular formula is C18H20N2O2S. The van der Waals surface area contributed by atoms with Gasteiger partial charge in [0.1, 0.15) is 5.69 Å². The molecule has 1 aliphatic carbocycles. The number of pyridine rings is 1. The highest BCUT2D eigenvalue weighted by Gasteiger charge is 2.21. The van der Waals surface area contributed by atoms with Crippen LogP contribution >= 0.6 is 0 Å². The molecule has 1 aromatic heterocycles. The second-order valence-corrected chi connectivity index (χ2v) is 7.61. The Bertz CT molecular complexity index is 722. The predicted octanol–water partition coefficient (Wildman–Crippen LogP) is 3.29. The highest BCUT2D eigenvalue weighted by Crippen LogP contribution is 2.27. The molecular weight excluding hydrogens is 308 g/mol. The summed E-state index contributed by atoms with van der Waals surface area (Å²) in [6.45, 7) is 0. The van der Waals surface area contributed by atoms with E-state index in [1.807, 2.05) is 30.3 Å². The van der Waals surface area contributed by atoms with Crippen molar-refractivity contribution >= 4 is 16.7 Å². The number of aromatic nitrogens is 1. The molecule has 1 heterocycles. The molecule has 4 nitrogen and oxygen atoms in total. The van der Waals surface area contributed by atoms with E-state index < -0.39 is 16.7 Å². The first-order valence-corrected chi connectivity index (χ1v) is 9.13. The summed E-state index contributed by atoms with van der Waals surface area (Å²) in [5.74, 6) is -0.540. The summed E-state index contributed by atoms with van der Waals surface area (Å²) in [4.78, 5) is 16.1. The Morgan fingerprint density at radius 2 is 1.74 bits per heavy atom. The minimum Gasteiger partial charge on any atom is -0.364 e. The van der Waals surface area contributed by atoms with Crippen molar-refractivity contribution in [1.29, 1.82) is 0 Å². The number of carbonyl (C=O) groups is 1. The number of nitrogens with two attached hydrogens (primary N) is 1. The first kappa shape index (κ1) is 15.9.